The zero-order valence-electron chi connectivity index (χ0n) is 12.3. The summed E-state index contributed by atoms with van der Waals surface area (Å²) in [5.74, 6) is 0.676. The summed E-state index contributed by atoms with van der Waals surface area (Å²) in [6.07, 6.45) is 1.59. The van der Waals surface area contributed by atoms with Gasteiger partial charge in [-0.15, -0.1) is 0 Å². The lowest BCUT2D eigenvalue weighted by atomic mass is 10.1. The summed E-state index contributed by atoms with van der Waals surface area (Å²) in [6, 6.07) is 9.29. The van der Waals surface area contributed by atoms with Crippen molar-refractivity contribution in [1.29, 1.82) is 0 Å². The van der Waals surface area contributed by atoms with Gasteiger partial charge in [0.25, 0.3) is 5.91 Å². The number of hydrogen-bond acceptors (Lipinski definition) is 4. The molecule has 0 atom stereocenters. The van der Waals surface area contributed by atoms with Gasteiger partial charge in [0.1, 0.15) is 5.82 Å². The van der Waals surface area contributed by atoms with Crippen LogP contribution in [0.3, 0.4) is 0 Å². The van der Waals surface area contributed by atoms with E-state index in [1.165, 1.54) is 5.56 Å². The van der Waals surface area contributed by atoms with Crippen molar-refractivity contribution in [2.24, 2.45) is 0 Å². The molecule has 0 saturated heterocycles. The first-order valence-electron chi connectivity index (χ1n) is 6.87. The third-order valence-electron chi connectivity index (χ3n) is 3.27. The smallest absolute Gasteiger partial charge is 0.251 e. The highest BCUT2D eigenvalue weighted by atomic mass is 16.1. The molecule has 1 heterocycles. The molecule has 2 aromatic rings. The highest BCUT2D eigenvalue weighted by Gasteiger charge is 2.05. The van der Waals surface area contributed by atoms with Gasteiger partial charge in [-0.25, -0.2) is 4.98 Å². The molecule has 1 aromatic heterocycles. The number of nitrogen functional groups attached to an aromatic ring is 1. The molecule has 2 rings (SSSR count). The van der Waals surface area contributed by atoms with E-state index in [0.717, 1.165) is 11.4 Å². The average Bonchev–Trinajstić information content (AvgIpc) is 2.48. The molecule has 110 valence electrons. The standard InChI is InChI=1S/C16H20N4O/c1-11-3-4-13(9-12(11)2)16(21)19-8-7-18-15-6-5-14(17)10-20-15/h3-6,9-10H,7-8,17H2,1-2H3,(H,18,20)(H,19,21). The van der Waals surface area contributed by atoms with Gasteiger partial charge < -0.3 is 16.4 Å². The molecule has 0 saturated carbocycles. The molecular weight excluding hydrogens is 264 g/mol. The van der Waals surface area contributed by atoms with Crippen LogP contribution in [0, 0.1) is 13.8 Å². The second-order valence-corrected chi connectivity index (χ2v) is 4.96. The molecule has 0 radical (unpaired) electrons. The number of nitrogens with one attached hydrogen (secondary N) is 2. The van der Waals surface area contributed by atoms with Gasteiger partial charge in [0.15, 0.2) is 0 Å². The number of carbonyl (C=O) groups excluding carboxylic acids is 1. The molecule has 0 bridgehead atoms. The van der Waals surface area contributed by atoms with E-state index < -0.39 is 0 Å². The Labute approximate surface area is 124 Å². The Bertz CT molecular complexity index is 623. The van der Waals surface area contributed by atoms with E-state index in [1.54, 1.807) is 18.3 Å². The van der Waals surface area contributed by atoms with Crippen LogP contribution in [-0.4, -0.2) is 24.0 Å². The summed E-state index contributed by atoms with van der Waals surface area (Å²) in [5, 5.41) is 5.99. The van der Waals surface area contributed by atoms with Crippen molar-refractivity contribution >= 4 is 17.4 Å². The van der Waals surface area contributed by atoms with Crippen LogP contribution in [0.2, 0.25) is 0 Å². The van der Waals surface area contributed by atoms with Crippen LogP contribution >= 0.6 is 0 Å². The zero-order chi connectivity index (χ0) is 15.2. The molecule has 0 fully saturated rings. The van der Waals surface area contributed by atoms with Crippen molar-refractivity contribution in [1.82, 2.24) is 10.3 Å². The predicted molar refractivity (Wildman–Crippen MR) is 85.4 cm³/mol. The number of nitrogens with two attached hydrogens (primary N) is 1. The molecule has 0 aliphatic carbocycles. The van der Waals surface area contributed by atoms with E-state index >= 15 is 0 Å². The maximum Gasteiger partial charge on any atom is 0.251 e. The van der Waals surface area contributed by atoms with E-state index in [1.807, 2.05) is 32.0 Å². The summed E-state index contributed by atoms with van der Waals surface area (Å²) in [5.41, 5.74) is 9.17. The molecule has 1 amide bonds. The third-order valence-corrected chi connectivity index (χ3v) is 3.27. The van der Waals surface area contributed by atoms with Crippen LogP contribution in [0.4, 0.5) is 11.5 Å². The summed E-state index contributed by atoms with van der Waals surface area (Å²) < 4.78 is 0. The van der Waals surface area contributed by atoms with Gasteiger partial charge in [-0.2, -0.15) is 0 Å². The maximum absolute atomic E-state index is 12.0. The molecule has 5 heteroatoms. The van der Waals surface area contributed by atoms with Crippen molar-refractivity contribution in [2.75, 3.05) is 24.1 Å². The minimum atomic E-state index is -0.0647. The number of nitrogens with zero attached hydrogens (tertiary/aromatic N) is 1. The molecule has 4 N–H and O–H groups in total. The lowest BCUT2D eigenvalue weighted by molar-refractivity contribution is 0.0955. The van der Waals surface area contributed by atoms with Gasteiger partial charge in [-0.3, -0.25) is 4.79 Å². The van der Waals surface area contributed by atoms with Crippen molar-refractivity contribution < 1.29 is 4.79 Å². The van der Waals surface area contributed by atoms with E-state index in [4.69, 9.17) is 5.73 Å². The molecule has 0 aliphatic heterocycles. The number of amides is 1. The van der Waals surface area contributed by atoms with Gasteiger partial charge in [0.05, 0.1) is 11.9 Å². The van der Waals surface area contributed by atoms with Crippen molar-refractivity contribution in [2.45, 2.75) is 13.8 Å². The maximum atomic E-state index is 12.0. The molecule has 1 aromatic carbocycles. The number of pyridine rings is 1. The quantitative estimate of drug-likeness (QED) is 0.735. The second kappa shape index (κ2) is 6.74. The molecule has 0 aliphatic rings. The molecule has 0 unspecified atom stereocenters. The summed E-state index contributed by atoms with van der Waals surface area (Å²) in [6.45, 7) is 5.16. The Balaban J connectivity index is 1.79. The average molecular weight is 284 g/mol. The normalized spacial score (nSPS) is 10.2. The highest BCUT2D eigenvalue weighted by Crippen LogP contribution is 2.09. The van der Waals surface area contributed by atoms with Crippen molar-refractivity contribution in [3.05, 3.63) is 53.2 Å². The van der Waals surface area contributed by atoms with Crippen molar-refractivity contribution in [3.63, 3.8) is 0 Å². The first-order chi connectivity index (χ1) is 10.1. The van der Waals surface area contributed by atoms with Crippen molar-refractivity contribution in [3.8, 4) is 0 Å². The minimum Gasteiger partial charge on any atom is -0.397 e. The van der Waals surface area contributed by atoms with E-state index in [0.29, 0.717) is 24.3 Å². The van der Waals surface area contributed by atoms with Crippen LogP contribution in [0.25, 0.3) is 0 Å². The lowest BCUT2D eigenvalue weighted by Crippen LogP contribution is -2.28. The van der Waals surface area contributed by atoms with Gasteiger partial charge in [0.2, 0.25) is 0 Å². The van der Waals surface area contributed by atoms with E-state index in [-0.39, 0.29) is 5.91 Å². The summed E-state index contributed by atoms with van der Waals surface area (Å²) in [7, 11) is 0. The lowest BCUT2D eigenvalue weighted by Gasteiger charge is -2.08. The monoisotopic (exact) mass is 284 g/mol. The fourth-order valence-electron chi connectivity index (χ4n) is 1.86. The number of rotatable bonds is 5. The van der Waals surface area contributed by atoms with Crippen LogP contribution in [-0.2, 0) is 0 Å². The molecule has 0 spiro atoms. The number of benzene rings is 1. The summed E-state index contributed by atoms with van der Waals surface area (Å²) in [4.78, 5) is 16.1. The predicted octanol–water partition coefficient (Wildman–Crippen LogP) is 2.12. The largest absolute Gasteiger partial charge is 0.397 e. The van der Waals surface area contributed by atoms with Crippen LogP contribution in [0.5, 0.6) is 0 Å². The first kappa shape index (κ1) is 14.8. The van der Waals surface area contributed by atoms with E-state index in [9.17, 15) is 4.79 Å². The van der Waals surface area contributed by atoms with Gasteiger partial charge >= 0.3 is 0 Å². The fraction of sp³-hybridized carbons (Fsp3) is 0.250. The molecule has 5 nitrogen and oxygen atoms in total. The van der Waals surface area contributed by atoms with Gasteiger partial charge in [-0.1, -0.05) is 6.07 Å². The second-order valence-electron chi connectivity index (χ2n) is 4.96. The Morgan fingerprint density at radius 3 is 2.62 bits per heavy atom. The van der Waals surface area contributed by atoms with Crippen LogP contribution in [0.15, 0.2) is 36.5 Å². The Morgan fingerprint density at radius 1 is 1.14 bits per heavy atom. The SMILES string of the molecule is Cc1ccc(C(=O)NCCNc2ccc(N)cn2)cc1C. The number of carbonyl (C=O) groups is 1. The third kappa shape index (κ3) is 4.21. The topological polar surface area (TPSA) is 80.0 Å². The fourth-order valence-corrected chi connectivity index (χ4v) is 1.86. The van der Waals surface area contributed by atoms with Crippen LogP contribution in [0.1, 0.15) is 21.5 Å². The zero-order valence-corrected chi connectivity index (χ0v) is 12.3. The number of hydrogen-bond donors (Lipinski definition) is 3. The molecular formula is C16H20N4O. The molecule has 21 heavy (non-hydrogen) atoms. The number of aryl methyl sites for hydroxylation is 2. The van der Waals surface area contributed by atoms with Crippen LogP contribution < -0.4 is 16.4 Å². The Morgan fingerprint density at radius 2 is 1.95 bits per heavy atom. The minimum absolute atomic E-state index is 0.0647. The number of aromatic nitrogens is 1. The first-order valence-corrected chi connectivity index (χ1v) is 6.87. The Kier molecular flexibility index (Phi) is 4.77. The Hall–Kier alpha value is -2.56. The van der Waals surface area contributed by atoms with Gasteiger partial charge in [-0.05, 0) is 49.2 Å². The van der Waals surface area contributed by atoms with Gasteiger partial charge in [0, 0.05) is 18.7 Å². The summed E-state index contributed by atoms with van der Waals surface area (Å²) >= 11 is 0. The number of anilines is 2. The highest BCUT2D eigenvalue weighted by molar-refractivity contribution is 5.94. The van der Waals surface area contributed by atoms with E-state index in [2.05, 4.69) is 15.6 Å².